The van der Waals surface area contributed by atoms with Crippen LogP contribution in [0.25, 0.3) is 0 Å². The van der Waals surface area contributed by atoms with Crippen LogP contribution in [0.1, 0.15) is 42.8 Å². The number of hydrogen-bond donors (Lipinski definition) is 4. The Morgan fingerprint density at radius 2 is 1.97 bits per heavy atom. The van der Waals surface area contributed by atoms with Crippen molar-refractivity contribution in [3.05, 3.63) is 41.5 Å². The van der Waals surface area contributed by atoms with Gasteiger partial charge in [0.1, 0.15) is 23.9 Å². The van der Waals surface area contributed by atoms with Crippen LogP contribution < -0.4 is 10.6 Å². The fraction of sp³-hybridized carbons (Fsp3) is 0.600. The second kappa shape index (κ2) is 13.7. The van der Waals surface area contributed by atoms with Crippen LogP contribution in [-0.2, 0) is 23.8 Å². The number of nitrogens with one attached hydrogen (secondary N) is 2. The van der Waals surface area contributed by atoms with E-state index in [1.54, 1.807) is 19.0 Å². The van der Waals surface area contributed by atoms with Gasteiger partial charge in [-0.25, -0.2) is 19.7 Å². The fourth-order valence-corrected chi connectivity index (χ4v) is 4.16. The van der Waals surface area contributed by atoms with Gasteiger partial charge < -0.3 is 20.8 Å². The molecule has 2 aromatic heterocycles. The van der Waals surface area contributed by atoms with Crippen molar-refractivity contribution >= 4 is 17.6 Å². The van der Waals surface area contributed by atoms with Gasteiger partial charge in [0.15, 0.2) is 0 Å². The molecule has 3 heterocycles. The molecule has 0 spiro atoms. The normalized spacial score (nSPS) is 15.2. The van der Waals surface area contributed by atoms with E-state index in [-0.39, 0.29) is 12.2 Å². The van der Waals surface area contributed by atoms with Crippen LogP contribution in [0.15, 0.2) is 24.4 Å². The lowest BCUT2D eigenvalue weighted by Gasteiger charge is -2.29. The number of anilines is 2. The summed E-state index contributed by atoms with van der Waals surface area (Å²) in [6.07, 6.45) is 0.147. The molecule has 0 bridgehead atoms. The van der Waals surface area contributed by atoms with Crippen molar-refractivity contribution < 1.29 is 28.2 Å². The summed E-state index contributed by atoms with van der Waals surface area (Å²) in [5.74, 6) is -1.81. The molecule has 0 fully saturated rings. The first-order valence-corrected chi connectivity index (χ1v) is 12.7. The van der Waals surface area contributed by atoms with Gasteiger partial charge in [-0.3, -0.25) is 9.80 Å². The molecule has 0 saturated carbocycles. The maximum Gasteiger partial charge on any atom is 0.451 e. The molecule has 0 amide bonds. The minimum absolute atomic E-state index is 0.0961. The number of aliphatic carboxylic acids is 1. The molecule has 3 rings (SSSR count). The lowest BCUT2D eigenvalue weighted by molar-refractivity contribution is -0.144. The third-order valence-electron chi connectivity index (χ3n) is 6.39. The van der Waals surface area contributed by atoms with Gasteiger partial charge in [-0.15, -0.1) is 0 Å². The van der Waals surface area contributed by atoms with E-state index >= 15 is 0 Å². The number of halogens is 3. The lowest BCUT2D eigenvalue weighted by Crippen LogP contribution is -2.43. The van der Waals surface area contributed by atoms with E-state index in [2.05, 4.69) is 32.7 Å². The number of hydrogen-bond acceptors (Lipinski definition) is 9. The number of alkyl halides is 3. The molecule has 38 heavy (non-hydrogen) atoms. The number of carboxylic acids is 1. The third kappa shape index (κ3) is 9.07. The smallest absolute Gasteiger partial charge is 0.451 e. The van der Waals surface area contributed by atoms with E-state index in [1.807, 2.05) is 4.90 Å². The predicted molar refractivity (Wildman–Crippen MR) is 137 cm³/mol. The van der Waals surface area contributed by atoms with Gasteiger partial charge in [0.2, 0.25) is 5.82 Å². The van der Waals surface area contributed by atoms with Crippen LogP contribution in [0.5, 0.6) is 0 Å². The van der Waals surface area contributed by atoms with Crippen molar-refractivity contribution in [2.75, 3.05) is 50.9 Å². The van der Waals surface area contributed by atoms with Crippen molar-refractivity contribution in [2.24, 2.45) is 0 Å². The molecule has 0 radical (unpaired) electrons. The summed E-state index contributed by atoms with van der Waals surface area (Å²) in [4.78, 5) is 26.8. The summed E-state index contributed by atoms with van der Waals surface area (Å²) in [5.41, 5.74) is 2.25. The van der Waals surface area contributed by atoms with E-state index in [0.717, 1.165) is 56.4 Å². The highest BCUT2D eigenvalue weighted by Crippen LogP contribution is 2.26. The number of aromatic nitrogens is 3. The molecule has 13 heteroatoms. The van der Waals surface area contributed by atoms with E-state index in [9.17, 15) is 28.2 Å². The fourth-order valence-electron chi connectivity index (χ4n) is 4.16. The van der Waals surface area contributed by atoms with Gasteiger partial charge in [0, 0.05) is 31.5 Å². The van der Waals surface area contributed by atoms with E-state index in [4.69, 9.17) is 4.98 Å². The van der Waals surface area contributed by atoms with Gasteiger partial charge in [-0.05, 0) is 76.9 Å². The number of aliphatic hydroxyl groups is 1. The number of unbranched alkanes of at least 4 members (excludes halogenated alkanes) is 1. The number of rotatable bonds is 14. The molecular formula is C25H36F3N7O3. The topological polar surface area (TPSA) is 127 Å². The molecule has 2 aromatic rings. The second-order valence-electron chi connectivity index (χ2n) is 9.63. The van der Waals surface area contributed by atoms with Gasteiger partial charge in [0.05, 0.1) is 0 Å². The Bertz CT molecular complexity index is 1060. The first kappa shape index (κ1) is 29.5. The maximum absolute atomic E-state index is 12.9. The predicted octanol–water partition coefficient (Wildman–Crippen LogP) is 2.71. The molecule has 0 unspecified atom stereocenters. The summed E-state index contributed by atoms with van der Waals surface area (Å²) >= 11 is 0. The Morgan fingerprint density at radius 3 is 2.68 bits per heavy atom. The van der Waals surface area contributed by atoms with E-state index in [0.29, 0.717) is 19.6 Å². The molecule has 10 nitrogen and oxygen atoms in total. The van der Waals surface area contributed by atoms with Crippen molar-refractivity contribution in [1.82, 2.24) is 24.8 Å². The Hall–Kier alpha value is -3.03. The monoisotopic (exact) mass is 539 g/mol. The van der Waals surface area contributed by atoms with Crippen molar-refractivity contribution in [3.63, 3.8) is 0 Å². The van der Waals surface area contributed by atoms with Gasteiger partial charge >= 0.3 is 12.1 Å². The van der Waals surface area contributed by atoms with Crippen LogP contribution in [-0.4, -0.2) is 93.5 Å². The van der Waals surface area contributed by atoms with Crippen molar-refractivity contribution in [1.29, 1.82) is 0 Å². The zero-order chi connectivity index (χ0) is 27.7. The van der Waals surface area contributed by atoms with E-state index < -0.39 is 30.2 Å². The zero-order valence-electron chi connectivity index (χ0n) is 21.7. The summed E-state index contributed by atoms with van der Waals surface area (Å²) in [7, 11) is 3.49. The van der Waals surface area contributed by atoms with Crippen LogP contribution >= 0.6 is 0 Å². The number of likely N-dealkylation sites (N-methyl/N-ethyl adjacent to an activating group) is 1. The largest absolute Gasteiger partial charge is 0.480 e. The number of fused-ring (bicyclic) bond motifs is 1. The number of carbonyl (C=O) groups is 1. The summed E-state index contributed by atoms with van der Waals surface area (Å²) in [5, 5.41) is 25.9. The SMILES string of the molecule is CN(C)[C@@H](O)CN(CCCCc1ccc2c(n1)NCCC2)CC[C@H](Nc1ccnc(C(F)(F)F)n1)C(=O)O. The standard InChI is InChI=1S/C25H36F3N7O3/c1-34(2)21(36)16-35(14-4-3-7-18-9-8-17-6-5-12-29-22(17)31-18)15-11-19(23(37)38)32-20-10-13-30-24(33-20)25(26,27)28/h8-10,13,19,21,36H,3-7,11-12,14-16H2,1-2H3,(H,29,31)(H,37,38)(H,30,32,33)/t19-,21-/m0/s1. The molecule has 210 valence electrons. The van der Waals surface area contributed by atoms with Gasteiger partial charge in [-0.2, -0.15) is 13.2 Å². The maximum atomic E-state index is 12.9. The third-order valence-corrected chi connectivity index (χ3v) is 6.39. The molecule has 2 atom stereocenters. The highest BCUT2D eigenvalue weighted by atomic mass is 19.4. The van der Waals surface area contributed by atoms with Crippen LogP contribution in [0.2, 0.25) is 0 Å². The molecule has 4 N–H and O–H groups in total. The summed E-state index contributed by atoms with van der Waals surface area (Å²) in [6, 6.07) is 4.21. The second-order valence-corrected chi connectivity index (χ2v) is 9.63. The molecule has 1 aliphatic heterocycles. The molecule has 0 aromatic carbocycles. The Labute approximate surface area is 220 Å². The van der Waals surface area contributed by atoms with Crippen molar-refractivity contribution in [3.8, 4) is 0 Å². The Balaban J connectivity index is 1.56. The first-order chi connectivity index (χ1) is 18.0. The first-order valence-electron chi connectivity index (χ1n) is 12.7. The number of pyridine rings is 1. The molecule has 1 aliphatic rings. The summed E-state index contributed by atoms with van der Waals surface area (Å²) < 4.78 is 38.8. The molecule has 0 saturated heterocycles. The lowest BCUT2D eigenvalue weighted by atomic mass is 10.1. The quantitative estimate of drug-likeness (QED) is 0.210. The zero-order valence-corrected chi connectivity index (χ0v) is 21.7. The highest BCUT2D eigenvalue weighted by Gasteiger charge is 2.35. The highest BCUT2D eigenvalue weighted by molar-refractivity contribution is 5.76. The number of aryl methyl sites for hydroxylation is 2. The Morgan fingerprint density at radius 1 is 1.18 bits per heavy atom. The minimum Gasteiger partial charge on any atom is -0.480 e. The van der Waals surface area contributed by atoms with E-state index in [1.165, 1.54) is 11.6 Å². The van der Waals surface area contributed by atoms with Crippen LogP contribution in [0, 0.1) is 0 Å². The van der Waals surface area contributed by atoms with Gasteiger partial charge in [-0.1, -0.05) is 6.07 Å². The number of aliphatic hydroxyl groups excluding tert-OH is 1. The number of carboxylic acid groups (broad SMARTS) is 1. The Kier molecular flexibility index (Phi) is 10.6. The van der Waals surface area contributed by atoms with Crippen LogP contribution in [0.4, 0.5) is 24.8 Å². The number of nitrogens with zero attached hydrogens (tertiary/aromatic N) is 5. The minimum atomic E-state index is -4.74. The average molecular weight is 540 g/mol. The van der Waals surface area contributed by atoms with Crippen LogP contribution in [0.3, 0.4) is 0 Å². The summed E-state index contributed by atoms with van der Waals surface area (Å²) in [6.45, 7) is 2.16. The van der Waals surface area contributed by atoms with Crippen molar-refractivity contribution in [2.45, 2.75) is 57.0 Å². The molecular weight excluding hydrogens is 503 g/mol. The average Bonchev–Trinajstić information content (AvgIpc) is 2.87. The van der Waals surface area contributed by atoms with Gasteiger partial charge in [0.25, 0.3) is 0 Å². The molecule has 0 aliphatic carbocycles.